The highest BCUT2D eigenvalue weighted by Gasteiger charge is 2.34. The molecule has 0 aliphatic rings. The smallest absolute Gasteiger partial charge is 0.266 e. The van der Waals surface area contributed by atoms with Crippen LogP contribution < -0.4 is 9.44 Å². The summed E-state index contributed by atoms with van der Waals surface area (Å²) in [6.45, 7) is -0.140. The molecule has 1 heterocycles. The van der Waals surface area contributed by atoms with Crippen molar-refractivity contribution in [1.29, 1.82) is 0 Å². The maximum Gasteiger partial charge on any atom is 0.419 e. The molecule has 2 aromatic carbocycles. The third kappa shape index (κ3) is 3.83. The summed E-state index contributed by atoms with van der Waals surface area (Å²) in [6, 6.07) is 11.9. The number of benzene rings is 2. The van der Waals surface area contributed by atoms with E-state index in [-0.39, 0.29) is 12.1 Å². The largest absolute Gasteiger partial charge is 0.419 e. The van der Waals surface area contributed by atoms with E-state index in [1.54, 1.807) is 6.07 Å². The molecule has 2 N–H and O–H groups in total. The topological polar surface area (TPSA) is 46.3 Å². The molecule has 1 atom stereocenters. The van der Waals surface area contributed by atoms with Crippen LogP contribution in [0, 0.1) is 5.82 Å². The lowest BCUT2D eigenvalue weighted by molar-refractivity contribution is -0.140. The minimum absolute atomic E-state index is 0.140. The molecule has 0 saturated heterocycles. The Morgan fingerprint density at radius 1 is 1.12 bits per heavy atom. The van der Waals surface area contributed by atoms with Gasteiger partial charge in [-0.25, -0.2) is 13.7 Å². The Morgan fingerprint density at radius 3 is 2.48 bits per heavy atom. The van der Waals surface area contributed by atoms with Crippen molar-refractivity contribution < 1.29 is 21.8 Å². The standard InChI is InChI=1S/C16H12F4N2OS2/c17-13-6-5-10(7-12(13)16(18,19)20)9-22(25(21)23)15-8-11-3-1-2-4-14(11)24-15/h1-8H,9,21H2. The molecule has 25 heavy (non-hydrogen) atoms. The van der Waals surface area contributed by atoms with Crippen LogP contribution in [-0.2, 0) is 23.9 Å². The normalized spacial score (nSPS) is 13.2. The number of nitrogens with two attached hydrogens (primary N) is 1. The van der Waals surface area contributed by atoms with Crippen molar-refractivity contribution in [3.63, 3.8) is 0 Å². The van der Waals surface area contributed by atoms with Crippen molar-refractivity contribution in [3.05, 3.63) is 65.5 Å². The maximum absolute atomic E-state index is 13.4. The van der Waals surface area contributed by atoms with Gasteiger partial charge in [0, 0.05) is 4.70 Å². The summed E-state index contributed by atoms with van der Waals surface area (Å²) in [4.78, 5) is 0. The molecule has 3 nitrogen and oxygen atoms in total. The number of fused-ring (bicyclic) bond motifs is 1. The molecule has 0 spiro atoms. The van der Waals surface area contributed by atoms with Crippen LogP contribution in [0.1, 0.15) is 11.1 Å². The molecule has 0 saturated carbocycles. The van der Waals surface area contributed by atoms with Gasteiger partial charge in [0.15, 0.2) is 11.2 Å². The van der Waals surface area contributed by atoms with Crippen LogP contribution in [0.5, 0.6) is 0 Å². The number of hydrogen-bond acceptors (Lipinski definition) is 2. The van der Waals surface area contributed by atoms with Crippen LogP contribution in [0.25, 0.3) is 10.1 Å². The van der Waals surface area contributed by atoms with Crippen molar-refractivity contribution in [2.45, 2.75) is 12.7 Å². The van der Waals surface area contributed by atoms with Gasteiger partial charge in [-0.2, -0.15) is 13.2 Å². The fraction of sp³-hybridized carbons (Fsp3) is 0.125. The van der Waals surface area contributed by atoms with Gasteiger partial charge >= 0.3 is 6.18 Å². The lowest BCUT2D eigenvalue weighted by Gasteiger charge is -2.19. The van der Waals surface area contributed by atoms with Gasteiger partial charge in [-0.05, 0) is 35.2 Å². The Kier molecular flexibility index (Phi) is 4.81. The molecule has 0 aliphatic heterocycles. The molecule has 0 bridgehead atoms. The number of nitrogens with zero attached hydrogens (tertiary/aromatic N) is 1. The third-order valence-electron chi connectivity index (χ3n) is 3.54. The summed E-state index contributed by atoms with van der Waals surface area (Å²) >= 11 is -0.623. The summed E-state index contributed by atoms with van der Waals surface area (Å²) in [5, 5.41) is 6.97. The zero-order valence-corrected chi connectivity index (χ0v) is 14.2. The van der Waals surface area contributed by atoms with Crippen LogP contribution in [-0.4, -0.2) is 4.21 Å². The molecule has 0 fully saturated rings. The predicted molar refractivity (Wildman–Crippen MR) is 91.7 cm³/mol. The first-order chi connectivity index (χ1) is 11.8. The third-order valence-corrected chi connectivity index (χ3v) is 5.55. The Hall–Kier alpha value is -1.97. The highest BCUT2D eigenvalue weighted by atomic mass is 32.2. The Labute approximate surface area is 147 Å². The Bertz CT molecular complexity index is 906. The SMILES string of the molecule is NS(=O)N(Cc1ccc(F)c(C(F)(F)F)c1)c1cc2ccccc2s1. The highest BCUT2D eigenvalue weighted by molar-refractivity contribution is 7.84. The van der Waals surface area contributed by atoms with Crippen molar-refractivity contribution in [1.82, 2.24) is 0 Å². The van der Waals surface area contributed by atoms with Gasteiger partial charge in [0.1, 0.15) is 10.8 Å². The average Bonchev–Trinajstić information content (AvgIpc) is 2.96. The molecule has 3 aromatic rings. The lowest BCUT2D eigenvalue weighted by atomic mass is 10.1. The monoisotopic (exact) mass is 388 g/mol. The predicted octanol–water partition coefficient (Wildman–Crippen LogP) is 4.60. The number of thiophene rings is 1. The van der Waals surface area contributed by atoms with E-state index in [0.717, 1.165) is 16.2 Å². The summed E-state index contributed by atoms with van der Waals surface area (Å²) in [7, 11) is 0. The van der Waals surface area contributed by atoms with E-state index in [4.69, 9.17) is 5.14 Å². The summed E-state index contributed by atoms with van der Waals surface area (Å²) in [5.41, 5.74) is -1.20. The molecular weight excluding hydrogens is 376 g/mol. The maximum atomic E-state index is 13.4. The zero-order chi connectivity index (χ0) is 18.2. The number of hydrogen-bond donors (Lipinski definition) is 1. The quantitative estimate of drug-likeness (QED) is 0.652. The van der Waals surface area contributed by atoms with E-state index in [0.29, 0.717) is 11.1 Å². The van der Waals surface area contributed by atoms with Gasteiger partial charge in [-0.1, -0.05) is 24.3 Å². The molecule has 1 unspecified atom stereocenters. The molecule has 0 radical (unpaired) electrons. The van der Waals surface area contributed by atoms with Crippen LogP contribution in [0.3, 0.4) is 0 Å². The minimum Gasteiger partial charge on any atom is -0.266 e. The van der Waals surface area contributed by atoms with E-state index in [1.165, 1.54) is 21.7 Å². The molecule has 9 heteroatoms. The van der Waals surface area contributed by atoms with Gasteiger partial charge < -0.3 is 0 Å². The molecular formula is C16H12F4N2OS2. The first-order valence-electron chi connectivity index (χ1n) is 7.04. The van der Waals surface area contributed by atoms with Crippen LogP contribution in [0.4, 0.5) is 22.6 Å². The van der Waals surface area contributed by atoms with Crippen molar-refractivity contribution in [2.75, 3.05) is 4.31 Å². The first-order valence-corrected chi connectivity index (χ1v) is 9.02. The molecule has 0 amide bonds. The minimum atomic E-state index is -4.80. The molecule has 132 valence electrons. The van der Waals surface area contributed by atoms with Gasteiger partial charge in [-0.3, -0.25) is 4.31 Å². The van der Waals surface area contributed by atoms with E-state index >= 15 is 0 Å². The van der Waals surface area contributed by atoms with E-state index in [1.807, 2.05) is 24.3 Å². The van der Waals surface area contributed by atoms with Gasteiger partial charge in [0.25, 0.3) is 0 Å². The first kappa shape index (κ1) is 17.8. The number of anilines is 1. The second kappa shape index (κ2) is 6.74. The number of halogens is 4. The lowest BCUT2D eigenvalue weighted by Crippen LogP contribution is -2.29. The van der Waals surface area contributed by atoms with E-state index in [2.05, 4.69) is 0 Å². The van der Waals surface area contributed by atoms with Gasteiger partial charge in [-0.15, -0.1) is 11.3 Å². The summed E-state index contributed by atoms with van der Waals surface area (Å²) < 4.78 is 66.1. The molecule has 1 aromatic heterocycles. The fourth-order valence-electron chi connectivity index (χ4n) is 2.37. The fourth-order valence-corrected chi connectivity index (χ4v) is 4.18. The van der Waals surface area contributed by atoms with E-state index < -0.39 is 28.7 Å². The van der Waals surface area contributed by atoms with Crippen molar-refractivity contribution in [2.24, 2.45) is 5.14 Å². The molecule has 3 rings (SSSR count). The summed E-state index contributed by atoms with van der Waals surface area (Å²) in [6.07, 6.45) is -4.80. The zero-order valence-electron chi connectivity index (χ0n) is 12.6. The van der Waals surface area contributed by atoms with Gasteiger partial charge in [0.05, 0.1) is 12.1 Å². The average molecular weight is 388 g/mol. The van der Waals surface area contributed by atoms with E-state index in [9.17, 15) is 21.8 Å². The van der Waals surface area contributed by atoms with Crippen LogP contribution >= 0.6 is 11.3 Å². The van der Waals surface area contributed by atoms with Crippen LogP contribution in [0.15, 0.2) is 48.5 Å². The van der Waals surface area contributed by atoms with Gasteiger partial charge in [0.2, 0.25) is 0 Å². The summed E-state index contributed by atoms with van der Waals surface area (Å²) in [5.74, 6) is -1.35. The highest BCUT2D eigenvalue weighted by Crippen LogP contribution is 2.35. The number of rotatable bonds is 4. The van der Waals surface area contributed by atoms with Crippen LogP contribution in [0.2, 0.25) is 0 Å². The molecule has 0 aliphatic carbocycles. The van der Waals surface area contributed by atoms with Crippen molar-refractivity contribution >= 4 is 37.6 Å². The Morgan fingerprint density at radius 2 is 1.84 bits per heavy atom. The second-order valence-electron chi connectivity index (χ2n) is 5.25. The number of alkyl halides is 3. The van der Waals surface area contributed by atoms with Crippen molar-refractivity contribution in [3.8, 4) is 0 Å². The Balaban J connectivity index is 1.96. The second-order valence-corrected chi connectivity index (χ2v) is 7.30.